The van der Waals surface area contributed by atoms with Crippen LogP contribution >= 0.6 is 0 Å². The lowest BCUT2D eigenvalue weighted by Crippen LogP contribution is -2.48. The van der Waals surface area contributed by atoms with Crippen LogP contribution < -0.4 is 5.32 Å². The van der Waals surface area contributed by atoms with Gasteiger partial charge in [0.05, 0.1) is 17.8 Å². The highest BCUT2D eigenvalue weighted by Crippen LogP contribution is 2.35. The van der Waals surface area contributed by atoms with Gasteiger partial charge in [-0.2, -0.15) is 0 Å². The molecule has 1 saturated carbocycles. The maximum Gasteiger partial charge on any atom is 0.186 e. The molecule has 16 heavy (non-hydrogen) atoms. The van der Waals surface area contributed by atoms with Gasteiger partial charge in [0, 0.05) is 0 Å². The lowest BCUT2D eigenvalue weighted by molar-refractivity contribution is 0.143. The summed E-state index contributed by atoms with van der Waals surface area (Å²) in [5.74, 6) is -0.190. The van der Waals surface area contributed by atoms with Crippen LogP contribution in [0.25, 0.3) is 0 Å². The highest BCUT2D eigenvalue weighted by molar-refractivity contribution is 5.41. The van der Waals surface area contributed by atoms with Crippen LogP contribution in [0, 0.1) is 5.82 Å². The number of nitrogens with one attached hydrogen (secondary N) is 1. The number of aromatic nitrogens is 2. The van der Waals surface area contributed by atoms with Crippen molar-refractivity contribution in [3.05, 3.63) is 17.8 Å². The Morgan fingerprint density at radius 1 is 1.50 bits per heavy atom. The third kappa shape index (κ3) is 1.87. The zero-order valence-corrected chi connectivity index (χ0v) is 9.33. The largest absolute Gasteiger partial charge is 0.394 e. The molecule has 0 spiro atoms. The maximum absolute atomic E-state index is 13.8. The van der Waals surface area contributed by atoms with Crippen molar-refractivity contribution in [1.82, 2.24) is 9.97 Å². The molecule has 2 rings (SSSR count). The first-order chi connectivity index (χ1) is 7.71. The summed E-state index contributed by atoms with van der Waals surface area (Å²) >= 11 is 0. The smallest absolute Gasteiger partial charge is 0.186 e. The summed E-state index contributed by atoms with van der Waals surface area (Å²) in [5, 5.41) is 12.3. The minimum absolute atomic E-state index is 0.0118. The van der Waals surface area contributed by atoms with E-state index in [4.69, 9.17) is 0 Å². The molecule has 0 saturated heterocycles. The Bertz CT molecular complexity index is 374. The monoisotopic (exact) mass is 225 g/mol. The summed E-state index contributed by atoms with van der Waals surface area (Å²) in [7, 11) is 0. The summed E-state index contributed by atoms with van der Waals surface area (Å²) < 4.78 is 13.8. The molecule has 1 aliphatic rings. The van der Waals surface area contributed by atoms with E-state index in [1.165, 1.54) is 6.33 Å². The molecular weight excluding hydrogens is 209 g/mol. The molecule has 0 aromatic carbocycles. The molecule has 4 nitrogen and oxygen atoms in total. The molecule has 0 radical (unpaired) electrons. The van der Waals surface area contributed by atoms with Gasteiger partial charge in [0.25, 0.3) is 0 Å². The molecule has 0 atom stereocenters. The summed E-state index contributed by atoms with van der Waals surface area (Å²) in [4.78, 5) is 7.76. The van der Waals surface area contributed by atoms with E-state index in [0.717, 1.165) is 19.3 Å². The van der Waals surface area contributed by atoms with Crippen molar-refractivity contribution in [3.8, 4) is 0 Å². The lowest BCUT2D eigenvalue weighted by atomic mass is 9.77. The second kappa shape index (κ2) is 4.33. The third-order valence-corrected chi connectivity index (χ3v) is 3.19. The summed E-state index contributed by atoms with van der Waals surface area (Å²) in [5.41, 5.74) is 0.0325. The average molecular weight is 225 g/mol. The van der Waals surface area contributed by atoms with E-state index in [-0.39, 0.29) is 18.0 Å². The minimum Gasteiger partial charge on any atom is -0.394 e. The van der Waals surface area contributed by atoms with Crippen molar-refractivity contribution in [2.45, 2.75) is 38.1 Å². The van der Waals surface area contributed by atoms with Crippen LogP contribution in [0.4, 0.5) is 10.2 Å². The summed E-state index contributed by atoms with van der Waals surface area (Å²) in [6.07, 6.45) is 4.66. The first-order valence-corrected chi connectivity index (χ1v) is 5.59. The predicted molar refractivity (Wildman–Crippen MR) is 58.7 cm³/mol. The highest BCUT2D eigenvalue weighted by Gasteiger charge is 2.37. The molecule has 1 aliphatic carbocycles. The van der Waals surface area contributed by atoms with Crippen molar-refractivity contribution in [3.63, 3.8) is 0 Å². The van der Waals surface area contributed by atoms with E-state index in [1.807, 2.05) is 6.92 Å². The van der Waals surface area contributed by atoms with E-state index in [9.17, 15) is 9.50 Å². The quantitative estimate of drug-likeness (QED) is 0.815. The Hall–Kier alpha value is -1.23. The Balaban J connectivity index is 2.21. The molecule has 88 valence electrons. The van der Waals surface area contributed by atoms with E-state index in [2.05, 4.69) is 15.3 Å². The van der Waals surface area contributed by atoms with Gasteiger partial charge < -0.3 is 10.4 Å². The summed E-state index contributed by atoms with van der Waals surface area (Å²) in [6.45, 7) is 1.86. The molecule has 1 aromatic rings. The van der Waals surface area contributed by atoms with E-state index < -0.39 is 5.82 Å². The molecule has 0 unspecified atom stereocenters. The van der Waals surface area contributed by atoms with Crippen molar-refractivity contribution in [2.75, 3.05) is 11.9 Å². The Morgan fingerprint density at radius 3 is 2.75 bits per heavy atom. The summed E-state index contributed by atoms with van der Waals surface area (Å²) in [6, 6.07) is 0. The van der Waals surface area contributed by atoms with Crippen molar-refractivity contribution < 1.29 is 9.50 Å². The molecule has 1 aromatic heterocycles. The number of hydrogen-bond donors (Lipinski definition) is 2. The molecule has 0 amide bonds. The van der Waals surface area contributed by atoms with Crippen LogP contribution in [0.3, 0.4) is 0 Å². The maximum atomic E-state index is 13.8. The molecule has 1 fully saturated rings. The normalized spacial score (nSPS) is 17.9. The van der Waals surface area contributed by atoms with Gasteiger partial charge in [-0.3, -0.25) is 0 Å². The number of aliphatic hydroxyl groups excluding tert-OH is 1. The number of nitrogens with zero attached hydrogens (tertiary/aromatic N) is 2. The number of aliphatic hydroxyl groups is 1. The molecule has 0 aliphatic heterocycles. The lowest BCUT2D eigenvalue weighted by Gasteiger charge is -2.41. The van der Waals surface area contributed by atoms with Crippen LogP contribution in [-0.2, 0) is 6.42 Å². The van der Waals surface area contributed by atoms with Gasteiger partial charge in [-0.05, 0) is 25.7 Å². The van der Waals surface area contributed by atoms with Crippen molar-refractivity contribution in [1.29, 1.82) is 0 Å². The van der Waals surface area contributed by atoms with Gasteiger partial charge in [0.2, 0.25) is 0 Å². The molecule has 1 heterocycles. The number of rotatable bonds is 4. The van der Waals surface area contributed by atoms with Crippen LogP contribution in [0.5, 0.6) is 0 Å². The second-order valence-electron chi connectivity index (χ2n) is 4.25. The van der Waals surface area contributed by atoms with Gasteiger partial charge in [0.15, 0.2) is 11.6 Å². The number of hydrogen-bond acceptors (Lipinski definition) is 4. The fraction of sp³-hybridized carbons (Fsp3) is 0.636. The molecular formula is C11H16FN3O. The van der Waals surface area contributed by atoms with Crippen LogP contribution in [0.1, 0.15) is 31.9 Å². The van der Waals surface area contributed by atoms with Gasteiger partial charge in [-0.15, -0.1) is 0 Å². The van der Waals surface area contributed by atoms with Crippen molar-refractivity contribution >= 4 is 5.82 Å². The van der Waals surface area contributed by atoms with Gasteiger partial charge in [0.1, 0.15) is 6.33 Å². The average Bonchev–Trinajstić information content (AvgIpc) is 2.25. The van der Waals surface area contributed by atoms with Crippen LogP contribution in [0.2, 0.25) is 0 Å². The van der Waals surface area contributed by atoms with E-state index in [1.54, 1.807) is 0 Å². The second-order valence-corrected chi connectivity index (χ2v) is 4.25. The third-order valence-electron chi connectivity index (χ3n) is 3.19. The number of anilines is 1. The van der Waals surface area contributed by atoms with Gasteiger partial charge >= 0.3 is 0 Å². The zero-order valence-electron chi connectivity index (χ0n) is 9.33. The van der Waals surface area contributed by atoms with E-state index >= 15 is 0 Å². The van der Waals surface area contributed by atoms with Crippen molar-refractivity contribution in [2.24, 2.45) is 0 Å². The number of aryl methyl sites for hydroxylation is 1. The highest BCUT2D eigenvalue weighted by atomic mass is 19.1. The Morgan fingerprint density at radius 2 is 2.25 bits per heavy atom. The van der Waals surface area contributed by atoms with E-state index in [0.29, 0.717) is 12.1 Å². The van der Waals surface area contributed by atoms with Gasteiger partial charge in [-0.25, -0.2) is 14.4 Å². The fourth-order valence-electron chi connectivity index (χ4n) is 1.92. The number of halogens is 1. The molecule has 0 bridgehead atoms. The minimum atomic E-state index is -0.398. The standard InChI is InChI=1S/C11H16FN3O/c1-2-8-9(12)10(14-7-13-8)15-11(6-16)4-3-5-11/h7,16H,2-6H2,1H3,(H,13,14,15). The topological polar surface area (TPSA) is 58.0 Å². The van der Waals surface area contributed by atoms with Gasteiger partial charge in [-0.1, -0.05) is 6.92 Å². The first kappa shape index (κ1) is 11.3. The van der Waals surface area contributed by atoms with Crippen LogP contribution in [0.15, 0.2) is 6.33 Å². The zero-order chi connectivity index (χ0) is 11.6. The fourth-order valence-corrected chi connectivity index (χ4v) is 1.92. The first-order valence-electron chi connectivity index (χ1n) is 5.59. The van der Waals surface area contributed by atoms with Crippen LogP contribution in [-0.4, -0.2) is 27.2 Å². The predicted octanol–water partition coefficient (Wildman–Crippen LogP) is 1.50. The Kier molecular flexibility index (Phi) is 3.05. The Labute approximate surface area is 93.9 Å². The molecule has 2 N–H and O–H groups in total. The SMILES string of the molecule is CCc1ncnc(NC2(CO)CCC2)c1F. The molecule has 5 heteroatoms.